The smallest absolute Gasteiger partial charge is 0.411 e. The first-order valence-corrected chi connectivity index (χ1v) is 8.90. The molecule has 0 radical (unpaired) electrons. The number of hydrazine groups is 1. The van der Waals surface area contributed by atoms with Gasteiger partial charge in [-0.25, -0.2) is 4.79 Å². The maximum absolute atomic E-state index is 12.2. The lowest BCUT2D eigenvalue weighted by Gasteiger charge is -2.19. The van der Waals surface area contributed by atoms with Crippen LogP contribution in [0.2, 0.25) is 0 Å². The summed E-state index contributed by atoms with van der Waals surface area (Å²) in [5, 5.41) is 2.50. The van der Waals surface area contributed by atoms with Gasteiger partial charge in [0, 0.05) is 24.2 Å². The van der Waals surface area contributed by atoms with Crippen molar-refractivity contribution in [1.82, 2.24) is 15.8 Å². The van der Waals surface area contributed by atoms with E-state index in [9.17, 15) is 19.2 Å². The molecule has 1 fully saturated rings. The Kier molecular flexibility index (Phi) is 7.60. The Morgan fingerprint density at radius 1 is 1.15 bits per heavy atom. The van der Waals surface area contributed by atoms with E-state index in [-0.39, 0.29) is 24.6 Å². The first-order chi connectivity index (χ1) is 13.0. The van der Waals surface area contributed by atoms with E-state index in [0.717, 1.165) is 19.3 Å². The third kappa shape index (κ3) is 6.61. The molecule has 0 saturated carbocycles. The summed E-state index contributed by atoms with van der Waals surface area (Å²) in [5.41, 5.74) is 5.25. The van der Waals surface area contributed by atoms with Crippen LogP contribution >= 0.6 is 0 Å². The third-order valence-corrected chi connectivity index (χ3v) is 3.97. The first-order valence-electron chi connectivity index (χ1n) is 8.90. The van der Waals surface area contributed by atoms with Crippen LogP contribution < -0.4 is 16.2 Å². The minimum absolute atomic E-state index is 0.0493. The number of amides is 4. The second kappa shape index (κ2) is 10.1. The highest BCUT2D eigenvalue weighted by molar-refractivity contribution is 5.97. The van der Waals surface area contributed by atoms with Crippen LogP contribution in [-0.2, 0) is 14.3 Å². The summed E-state index contributed by atoms with van der Waals surface area (Å²) >= 11 is 0. The van der Waals surface area contributed by atoms with Crippen molar-refractivity contribution in [2.45, 2.75) is 32.6 Å². The van der Waals surface area contributed by atoms with E-state index in [1.54, 1.807) is 19.1 Å². The van der Waals surface area contributed by atoms with Gasteiger partial charge in [-0.2, -0.15) is 0 Å². The predicted octanol–water partition coefficient (Wildman–Crippen LogP) is 1.42. The minimum atomic E-state index is -0.620. The lowest BCUT2D eigenvalue weighted by Crippen LogP contribution is -2.47. The van der Waals surface area contributed by atoms with Crippen molar-refractivity contribution in [3.8, 4) is 0 Å². The highest BCUT2D eigenvalue weighted by Gasteiger charge is 2.19. The van der Waals surface area contributed by atoms with E-state index in [1.807, 2.05) is 0 Å². The number of hydrogen-bond acceptors (Lipinski definition) is 5. The van der Waals surface area contributed by atoms with Gasteiger partial charge >= 0.3 is 6.09 Å². The van der Waals surface area contributed by atoms with Gasteiger partial charge < -0.3 is 9.64 Å². The molecule has 0 spiro atoms. The predicted molar refractivity (Wildman–Crippen MR) is 97.7 cm³/mol. The van der Waals surface area contributed by atoms with Gasteiger partial charge in [0.1, 0.15) is 6.54 Å². The standard InChI is InChI=1S/C18H24N4O5/c1-2-27-18(26)19-14-8-6-7-13(11-14)17(25)21-20-15(23)12-22-10-5-3-4-9-16(22)24/h6-8,11H,2-5,9-10,12H2,1H3,(H,19,26)(H,20,23)(H,21,25). The number of likely N-dealkylation sites (tertiary alicyclic amines) is 1. The van der Waals surface area contributed by atoms with Crippen LogP contribution in [0, 0.1) is 0 Å². The van der Waals surface area contributed by atoms with Crippen molar-refractivity contribution in [2.75, 3.05) is 25.0 Å². The van der Waals surface area contributed by atoms with E-state index in [2.05, 4.69) is 16.2 Å². The maximum atomic E-state index is 12.2. The van der Waals surface area contributed by atoms with E-state index in [0.29, 0.717) is 18.7 Å². The van der Waals surface area contributed by atoms with Crippen LogP contribution in [0.4, 0.5) is 10.5 Å². The molecule has 1 saturated heterocycles. The normalized spacial score (nSPS) is 14.1. The van der Waals surface area contributed by atoms with Crippen molar-refractivity contribution in [3.05, 3.63) is 29.8 Å². The Hall–Kier alpha value is -3.10. The summed E-state index contributed by atoms with van der Waals surface area (Å²) in [6.07, 6.45) is 2.50. The fourth-order valence-corrected chi connectivity index (χ4v) is 2.64. The second-order valence-electron chi connectivity index (χ2n) is 6.05. The van der Waals surface area contributed by atoms with Crippen LogP contribution in [0.25, 0.3) is 0 Å². The second-order valence-corrected chi connectivity index (χ2v) is 6.05. The van der Waals surface area contributed by atoms with Gasteiger partial charge in [0.15, 0.2) is 0 Å². The number of carbonyl (C=O) groups excluding carboxylic acids is 4. The molecule has 1 aromatic carbocycles. The van der Waals surface area contributed by atoms with Crippen LogP contribution in [-0.4, -0.2) is 48.4 Å². The molecule has 0 unspecified atom stereocenters. The average molecular weight is 376 g/mol. The Morgan fingerprint density at radius 2 is 1.96 bits per heavy atom. The van der Waals surface area contributed by atoms with E-state index in [1.165, 1.54) is 17.0 Å². The number of hydrogen-bond donors (Lipinski definition) is 3. The number of ether oxygens (including phenoxy) is 1. The number of carbonyl (C=O) groups is 4. The molecule has 0 aromatic heterocycles. The van der Waals surface area contributed by atoms with E-state index in [4.69, 9.17) is 4.74 Å². The van der Waals surface area contributed by atoms with Crippen LogP contribution in [0.15, 0.2) is 24.3 Å². The van der Waals surface area contributed by atoms with Crippen molar-refractivity contribution in [2.24, 2.45) is 0 Å². The Labute approximate surface area is 157 Å². The molecule has 9 nitrogen and oxygen atoms in total. The molecular weight excluding hydrogens is 352 g/mol. The van der Waals surface area contributed by atoms with Gasteiger partial charge in [-0.15, -0.1) is 0 Å². The Bertz CT molecular complexity index is 707. The van der Waals surface area contributed by atoms with Gasteiger partial charge in [0.2, 0.25) is 5.91 Å². The average Bonchev–Trinajstić information content (AvgIpc) is 2.84. The number of nitrogens with one attached hydrogen (secondary N) is 3. The highest BCUT2D eigenvalue weighted by Crippen LogP contribution is 2.12. The zero-order chi connectivity index (χ0) is 19.6. The molecule has 1 aliphatic heterocycles. The summed E-state index contributed by atoms with van der Waals surface area (Å²) in [7, 11) is 0. The minimum Gasteiger partial charge on any atom is -0.450 e. The molecule has 0 atom stereocenters. The van der Waals surface area contributed by atoms with Gasteiger partial charge in [0.25, 0.3) is 11.8 Å². The number of rotatable bonds is 5. The van der Waals surface area contributed by atoms with Crippen molar-refractivity contribution < 1.29 is 23.9 Å². The van der Waals surface area contributed by atoms with Gasteiger partial charge in [-0.3, -0.25) is 30.6 Å². The molecule has 146 valence electrons. The molecule has 1 aromatic rings. The lowest BCUT2D eigenvalue weighted by atomic mass is 10.2. The quantitative estimate of drug-likeness (QED) is 0.672. The molecule has 9 heteroatoms. The van der Waals surface area contributed by atoms with Gasteiger partial charge in [-0.1, -0.05) is 12.5 Å². The summed E-state index contributed by atoms with van der Waals surface area (Å²) in [6.45, 7) is 2.37. The number of nitrogens with zero attached hydrogens (tertiary/aromatic N) is 1. The largest absolute Gasteiger partial charge is 0.450 e. The molecule has 4 amide bonds. The molecule has 3 N–H and O–H groups in total. The summed E-state index contributed by atoms with van der Waals surface area (Å²) in [5.74, 6) is -1.07. The van der Waals surface area contributed by atoms with Gasteiger partial charge in [0.05, 0.1) is 6.61 Å². The first kappa shape index (κ1) is 20.2. The molecule has 27 heavy (non-hydrogen) atoms. The number of anilines is 1. The van der Waals surface area contributed by atoms with Crippen molar-refractivity contribution in [3.63, 3.8) is 0 Å². The fourth-order valence-electron chi connectivity index (χ4n) is 2.64. The summed E-state index contributed by atoms with van der Waals surface area (Å²) in [6, 6.07) is 6.19. The molecular formula is C18H24N4O5. The van der Waals surface area contributed by atoms with E-state index >= 15 is 0 Å². The molecule has 2 rings (SSSR count). The van der Waals surface area contributed by atoms with Crippen molar-refractivity contribution >= 4 is 29.5 Å². The Morgan fingerprint density at radius 3 is 2.74 bits per heavy atom. The van der Waals surface area contributed by atoms with Gasteiger partial charge in [-0.05, 0) is 38.0 Å². The summed E-state index contributed by atoms with van der Waals surface area (Å²) < 4.78 is 4.78. The molecule has 1 heterocycles. The lowest BCUT2D eigenvalue weighted by molar-refractivity contribution is -0.135. The third-order valence-electron chi connectivity index (χ3n) is 3.97. The summed E-state index contributed by atoms with van der Waals surface area (Å²) in [4.78, 5) is 49.0. The van der Waals surface area contributed by atoms with E-state index < -0.39 is 17.9 Å². The molecule has 0 aliphatic carbocycles. The maximum Gasteiger partial charge on any atom is 0.411 e. The zero-order valence-corrected chi connectivity index (χ0v) is 15.2. The topological polar surface area (TPSA) is 117 Å². The fraction of sp³-hybridized carbons (Fsp3) is 0.444. The molecule has 0 bridgehead atoms. The molecule has 1 aliphatic rings. The zero-order valence-electron chi connectivity index (χ0n) is 15.2. The van der Waals surface area contributed by atoms with Crippen LogP contribution in [0.5, 0.6) is 0 Å². The number of benzene rings is 1. The monoisotopic (exact) mass is 376 g/mol. The van der Waals surface area contributed by atoms with Crippen LogP contribution in [0.1, 0.15) is 43.0 Å². The van der Waals surface area contributed by atoms with Crippen molar-refractivity contribution in [1.29, 1.82) is 0 Å². The highest BCUT2D eigenvalue weighted by atomic mass is 16.5. The Balaban J connectivity index is 1.85. The van der Waals surface area contributed by atoms with Crippen LogP contribution in [0.3, 0.4) is 0 Å². The SMILES string of the molecule is CCOC(=O)Nc1cccc(C(=O)NNC(=O)CN2CCCCCC2=O)c1.